The molecule has 10 heteroatoms. The zero-order valence-corrected chi connectivity index (χ0v) is 22.2. The Balaban J connectivity index is 1.49. The summed E-state index contributed by atoms with van der Waals surface area (Å²) < 4.78 is 18.0. The molecular weight excluding hydrogens is 582 g/mol. The number of ether oxygens (including phenoxy) is 3. The van der Waals surface area contributed by atoms with Gasteiger partial charge in [0.1, 0.15) is 5.75 Å². The average molecular weight is 605 g/mol. The summed E-state index contributed by atoms with van der Waals surface area (Å²) in [5, 5.41) is 6.71. The van der Waals surface area contributed by atoms with Crippen molar-refractivity contribution in [1.82, 2.24) is 5.43 Å². The largest absolute Gasteiger partial charge is 0.493 e. The molecule has 3 rings (SSSR count). The highest BCUT2D eigenvalue weighted by Gasteiger charge is 2.09. The molecule has 0 bridgehead atoms. The number of carbonyl (C=O) groups excluding carboxylic acids is 2. The van der Waals surface area contributed by atoms with Crippen LogP contribution in [-0.2, 0) is 9.59 Å². The highest BCUT2D eigenvalue weighted by atomic mass is 79.9. The lowest BCUT2D eigenvalue weighted by Gasteiger charge is -2.11. The summed E-state index contributed by atoms with van der Waals surface area (Å²) in [5.74, 6) is 0.664. The molecule has 0 fully saturated rings. The minimum absolute atomic E-state index is 0.178. The normalized spacial score (nSPS) is 10.6. The number of amides is 2. The number of hydrogen-bond donors (Lipinski definition) is 2. The number of hydrogen-bond acceptors (Lipinski definition) is 6. The van der Waals surface area contributed by atoms with Gasteiger partial charge in [-0.05, 0) is 76.9 Å². The van der Waals surface area contributed by atoms with Crippen molar-refractivity contribution in [3.8, 4) is 17.2 Å². The summed E-state index contributed by atoms with van der Waals surface area (Å²) in [6.07, 6.45) is 1.46. The Kier molecular flexibility index (Phi) is 9.68. The number of nitrogens with one attached hydrogen (secondary N) is 2. The predicted molar refractivity (Wildman–Crippen MR) is 141 cm³/mol. The van der Waals surface area contributed by atoms with Gasteiger partial charge in [0.2, 0.25) is 0 Å². The van der Waals surface area contributed by atoms with E-state index >= 15 is 0 Å². The van der Waals surface area contributed by atoms with Gasteiger partial charge in [-0.1, -0.05) is 33.6 Å². The zero-order valence-electron chi connectivity index (χ0n) is 19.0. The van der Waals surface area contributed by atoms with E-state index in [-0.39, 0.29) is 19.1 Å². The number of rotatable bonds is 10. The Bertz CT molecular complexity index is 1220. The summed E-state index contributed by atoms with van der Waals surface area (Å²) >= 11 is 6.73. The molecule has 8 nitrogen and oxygen atoms in total. The van der Waals surface area contributed by atoms with Crippen LogP contribution in [0.5, 0.6) is 17.2 Å². The first kappa shape index (κ1) is 26.2. The third-order valence-corrected chi connectivity index (χ3v) is 5.65. The van der Waals surface area contributed by atoms with Gasteiger partial charge in [-0.2, -0.15) is 5.10 Å². The minimum atomic E-state index is -0.414. The molecule has 0 aliphatic rings. The first-order valence-corrected chi connectivity index (χ1v) is 12.0. The summed E-state index contributed by atoms with van der Waals surface area (Å²) in [7, 11) is 1.49. The predicted octanol–water partition coefficient (Wildman–Crippen LogP) is 5.08. The summed E-state index contributed by atoms with van der Waals surface area (Å²) in [4.78, 5) is 24.2. The molecule has 3 aromatic carbocycles. The topological polar surface area (TPSA) is 98.2 Å². The highest BCUT2D eigenvalue weighted by Crippen LogP contribution is 2.28. The van der Waals surface area contributed by atoms with Crippen molar-refractivity contribution in [2.75, 3.05) is 25.6 Å². The number of methoxy groups -OCH3 is 1. The van der Waals surface area contributed by atoms with Crippen LogP contribution < -0.4 is 25.0 Å². The van der Waals surface area contributed by atoms with Crippen LogP contribution in [0, 0.1) is 6.92 Å². The number of hydrazone groups is 1. The molecule has 0 heterocycles. The second-order valence-electron chi connectivity index (χ2n) is 7.27. The van der Waals surface area contributed by atoms with Gasteiger partial charge < -0.3 is 19.5 Å². The fraction of sp³-hybridized carbons (Fsp3) is 0.160. The van der Waals surface area contributed by atoms with Crippen LogP contribution in [0.2, 0.25) is 0 Å². The van der Waals surface area contributed by atoms with Gasteiger partial charge in [0.25, 0.3) is 11.8 Å². The van der Waals surface area contributed by atoms with E-state index in [2.05, 4.69) is 47.7 Å². The molecule has 35 heavy (non-hydrogen) atoms. The van der Waals surface area contributed by atoms with Crippen molar-refractivity contribution < 1.29 is 23.8 Å². The van der Waals surface area contributed by atoms with Crippen molar-refractivity contribution >= 4 is 55.6 Å². The molecule has 0 atom stereocenters. The Morgan fingerprint density at radius 1 is 0.886 bits per heavy atom. The van der Waals surface area contributed by atoms with E-state index in [1.807, 2.05) is 43.3 Å². The molecule has 2 N–H and O–H groups in total. The van der Waals surface area contributed by atoms with Crippen molar-refractivity contribution in [2.45, 2.75) is 6.92 Å². The lowest BCUT2D eigenvalue weighted by atomic mass is 10.2. The van der Waals surface area contributed by atoms with Gasteiger partial charge in [-0.3, -0.25) is 9.59 Å². The van der Waals surface area contributed by atoms with E-state index in [4.69, 9.17) is 14.2 Å². The molecule has 0 saturated heterocycles. The minimum Gasteiger partial charge on any atom is -0.493 e. The fourth-order valence-corrected chi connectivity index (χ4v) is 3.97. The molecule has 3 aromatic rings. The van der Waals surface area contributed by atoms with Crippen LogP contribution in [0.3, 0.4) is 0 Å². The van der Waals surface area contributed by atoms with E-state index < -0.39 is 5.91 Å². The Labute approximate surface area is 219 Å². The maximum Gasteiger partial charge on any atom is 0.277 e. The quantitative estimate of drug-likeness (QED) is 0.249. The van der Waals surface area contributed by atoms with Crippen LogP contribution in [0.1, 0.15) is 11.1 Å². The van der Waals surface area contributed by atoms with Gasteiger partial charge in [0.15, 0.2) is 24.7 Å². The number of aryl methyl sites for hydroxylation is 1. The van der Waals surface area contributed by atoms with Crippen molar-refractivity contribution in [3.05, 3.63) is 80.7 Å². The first-order valence-electron chi connectivity index (χ1n) is 10.4. The van der Waals surface area contributed by atoms with Gasteiger partial charge in [0.05, 0.1) is 17.8 Å². The number of carbonyl (C=O) groups is 2. The SMILES string of the molecule is COc1cc(/C=N\NC(=O)COc2ccc(Br)cc2Br)ccc1OCC(=O)Nc1ccc(C)cc1. The van der Waals surface area contributed by atoms with Crippen LogP contribution in [-0.4, -0.2) is 38.4 Å². The molecule has 0 spiro atoms. The Morgan fingerprint density at radius 2 is 1.57 bits per heavy atom. The smallest absolute Gasteiger partial charge is 0.277 e. The molecule has 0 aliphatic heterocycles. The van der Waals surface area contributed by atoms with Crippen molar-refractivity contribution in [1.29, 1.82) is 0 Å². The zero-order chi connectivity index (χ0) is 25.2. The second-order valence-corrected chi connectivity index (χ2v) is 9.04. The van der Waals surface area contributed by atoms with E-state index in [0.717, 1.165) is 14.5 Å². The van der Waals surface area contributed by atoms with Gasteiger partial charge in [-0.15, -0.1) is 0 Å². The monoisotopic (exact) mass is 603 g/mol. The lowest BCUT2D eigenvalue weighted by molar-refractivity contribution is -0.123. The van der Waals surface area contributed by atoms with Gasteiger partial charge in [0, 0.05) is 10.2 Å². The van der Waals surface area contributed by atoms with E-state index in [1.54, 1.807) is 24.3 Å². The number of nitrogens with zero attached hydrogens (tertiary/aromatic N) is 1. The summed E-state index contributed by atoms with van der Waals surface area (Å²) in [5.41, 5.74) is 4.87. The van der Waals surface area contributed by atoms with Crippen molar-refractivity contribution in [2.24, 2.45) is 5.10 Å². The standard InChI is InChI=1S/C25H23Br2N3O5/c1-16-3-7-19(8-4-16)29-24(31)14-35-22-9-5-17(11-23(22)33-2)13-28-30-25(32)15-34-21-10-6-18(26)12-20(21)27/h3-13H,14-15H2,1-2H3,(H,29,31)(H,30,32)/b28-13-. The van der Waals surface area contributed by atoms with Crippen LogP contribution in [0.4, 0.5) is 5.69 Å². The second kappa shape index (κ2) is 12.9. The molecular formula is C25H23Br2N3O5. The van der Waals surface area contributed by atoms with Crippen LogP contribution >= 0.6 is 31.9 Å². The molecule has 0 aromatic heterocycles. The van der Waals surface area contributed by atoms with E-state index in [9.17, 15) is 9.59 Å². The van der Waals surface area contributed by atoms with Crippen molar-refractivity contribution in [3.63, 3.8) is 0 Å². The van der Waals surface area contributed by atoms with E-state index in [1.165, 1.54) is 13.3 Å². The third-order valence-electron chi connectivity index (χ3n) is 4.54. The number of anilines is 1. The van der Waals surface area contributed by atoms with Crippen LogP contribution in [0.15, 0.2) is 74.7 Å². The first-order chi connectivity index (χ1) is 16.8. The van der Waals surface area contributed by atoms with Crippen LogP contribution in [0.25, 0.3) is 0 Å². The molecule has 0 aliphatic carbocycles. The van der Waals surface area contributed by atoms with E-state index in [0.29, 0.717) is 28.5 Å². The summed E-state index contributed by atoms with van der Waals surface area (Å²) in [6.45, 7) is 1.60. The molecule has 0 unspecified atom stereocenters. The summed E-state index contributed by atoms with van der Waals surface area (Å²) in [6, 6.07) is 17.9. The third kappa shape index (κ3) is 8.41. The molecule has 2 amide bonds. The average Bonchev–Trinajstić information content (AvgIpc) is 2.84. The lowest BCUT2D eigenvalue weighted by Crippen LogP contribution is -2.24. The van der Waals surface area contributed by atoms with Gasteiger partial charge in [-0.25, -0.2) is 5.43 Å². The molecule has 0 saturated carbocycles. The maximum atomic E-state index is 12.2. The maximum absolute atomic E-state index is 12.2. The Hall–Kier alpha value is -3.37. The number of halogens is 2. The number of benzene rings is 3. The molecule has 0 radical (unpaired) electrons. The Morgan fingerprint density at radius 3 is 2.29 bits per heavy atom. The highest BCUT2D eigenvalue weighted by molar-refractivity contribution is 9.11. The fourth-order valence-electron chi connectivity index (χ4n) is 2.81. The van der Waals surface area contributed by atoms with Gasteiger partial charge >= 0.3 is 0 Å². The molecule has 182 valence electrons.